The van der Waals surface area contributed by atoms with Crippen molar-refractivity contribution >= 4 is 47.1 Å². The summed E-state index contributed by atoms with van der Waals surface area (Å²) in [5, 5.41) is 14.7. The fourth-order valence-corrected chi connectivity index (χ4v) is 15.0. The van der Waals surface area contributed by atoms with E-state index in [1.807, 2.05) is 146 Å². The van der Waals surface area contributed by atoms with Crippen molar-refractivity contribution in [3.63, 3.8) is 0 Å². The van der Waals surface area contributed by atoms with Gasteiger partial charge in [0.1, 0.15) is 11.9 Å². The number of rotatable bonds is 7. The second-order valence-corrected chi connectivity index (χ2v) is 23.2. The Labute approximate surface area is 483 Å². The van der Waals surface area contributed by atoms with Gasteiger partial charge in [0.05, 0.1) is 52.9 Å². The van der Waals surface area contributed by atoms with Crippen molar-refractivity contribution in [2.24, 2.45) is 11.8 Å². The number of para-hydroxylation sites is 3. The summed E-state index contributed by atoms with van der Waals surface area (Å²) in [7, 11) is 0. The zero-order chi connectivity index (χ0) is 56.4. The molecular weight excluding hydrogens is 1050 g/mol. The highest BCUT2D eigenvalue weighted by atomic mass is 17.2. The van der Waals surface area contributed by atoms with Crippen LogP contribution in [0.25, 0.3) is 6.08 Å². The minimum atomic E-state index is -2.00. The summed E-state index contributed by atoms with van der Waals surface area (Å²) in [5.41, 5.74) is 8.83. The number of allylic oxidation sites excluding steroid dienone is 5. The number of fused-ring (bicyclic) bond motifs is 8. The third kappa shape index (κ3) is 7.69. The summed E-state index contributed by atoms with van der Waals surface area (Å²) < 4.78 is 13.6. The number of carbonyl (C=O) groups is 5. The fraction of sp³-hybridized carbons (Fsp3) is 0.214. The minimum absolute atomic E-state index is 0.0292. The molecule has 6 aromatic carbocycles. The first kappa shape index (κ1) is 50.0. The van der Waals surface area contributed by atoms with Crippen molar-refractivity contribution in [2.45, 2.75) is 80.1 Å². The van der Waals surface area contributed by atoms with E-state index in [1.54, 1.807) is 29.2 Å². The molecule has 0 bridgehead atoms. The third-order valence-electron chi connectivity index (χ3n) is 18.8. The van der Waals surface area contributed by atoms with Gasteiger partial charge in [-0.25, -0.2) is 4.79 Å². The number of amides is 3. The molecule has 3 amide bonds. The number of esters is 2. The van der Waals surface area contributed by atoms with Gasteiger partial charge in [-0.2, -0.15) is 4.89 Å². The zero-order valence-corrected chi connectivity index (χ0v) is 45.3. The quantitative estimate of drug-likeness (QED) is 0.0681. The first-order chi connectivity index (χ1) is 41.2. The van der Waals surface area contributed by atoms with E-state index in [2.05, 4.69) is 45.6 Å². The SMILES string of the molecule is O=C1OC(C2(C3Cc4ccccc4OC3=O)c3c(c(C4CCc5ccccc5N4)c(C4C=Cc5ccccc5N4)c(C4C=C5C=CC=CC5NC4=O)c3C3C=C4C=CC=CC4C(=O)N3)OOC2N2Cc3ccccc3C2=O)Cc2ccccc21. The molecule has 10 unspecified atom stereocenters. The van der Waals surface area contributed by atoms with E-state index in [0.29, 0.717) is 79.8 Å². The molecule has 414 valence electrons. The van der Waals surface area contributed by atoms with Crippen LogP contribution in [0.3, 0.4) is 0 Å². The summed E-state index contributed by atoms with van der Waals surface area (Å²) in [6.07, 6.45) is 21.9. The van der Waals surface area contributed by atoms with Crippen molar-refractivity contribution in [3.8, 4) is 11.5 Å². The average Bonchev–Trinajstić information content (AvgIpc) is 0.922. The number of hydrogen-bond acceptors (Lipinski definition) is 11. The number of cyclic esters (lactones) is 1. The lowest BCUT2D eigenvalue weighted by molar-refractivity contribution is -0.324. The maximum absolute atomic E-state index is 16.2. The predicted molar refractivity (Wildman–Crippen MR) is 313 cm³/mol. The van der Waals surface area contributed by atoms with Crippen LogP contribution in [0.2, 0.25) is 0 Å². The summed E-state index contributed by atoms with van der Waals surface area (Å²) >= 11 is 0. The van der Waals surface area contributed by atoms with E-state index >= 15 is 24.0 Å². The number of anilines is 2. The van der Waals surface area contributed by atoms with Crippen LogP contribution in [0.5, 0.6) is 11.5 Å². The smallest absolute Gasteiger partial charge is 0.338 e. The average molecular weight is 1110 g/mol. The fourth-order valence-electron chi connectivity index (χ4n) is 15.0. The molecule has 0 saturated carbocycles. The molecule has 2 aliphatic carbocycles. The number of aryl methyl sites for hydroxylation is 1. The summed E-state index contributed by atoms with van der Waals surface area (Å²) in [4.78, 5) is 94.3. The summed E-state index contributed by atoms with van der Waals surface area (Å²) in [6, 6.07) is 35.4. The van der Waals surface area contributed by atoms with Gasteiger partial charge in [0.2, 0.25) is 11.8 Å². The molecule has 84 heavy (non-hydrogen) atoms. The summed E-state index contributed by atoms with van der Waals surface area (Å²) in [6.45, 7) is 0.0292. The molecule has 0 fully saturated rings. The van der Waals surface area contributed by atoms with Crippen molar-refractivity contribution in [1.29, 1.82) is 0 Å². The Morgan fingerprint density at radius 3 is 2.12 bits per heavy atom. The Hall–Kier alpha value is -9.79. The molecule has 0 saturated heterocycles. The Balaban J connectivity index is 1.10. The van der Waals surface area contributed by atoms with E-state index < -0.39 is 77.5 Å². The van der Waals surface area contributed by atoms with Crippen LogP contribution >= 0.6 is 0 Å². The molecule has 14 nitrogen and oxygen atoms in total. The molecule has 8 aliphatic heterocycles. The van der Waals surface area contributed by atoms with Gasteiger partial charge in [-0.1, -0.05) is 164 Å². The van der Waals surface area contributed by atoms with E-state index in [0.717, 1.165) is 28.1 Å². The normalized spacial score (nSPS) is 28.1. The van der Waals surface area contributed by atoms with E-state index in [1.165, 1.54) is 0 Å². The summed E-state index contributed by atoms with van der Waals surface area (Å²) in [5.74, 6) is -4.75. The van der Waals surface area contributed by atoms with Gasteiger partial charge in [-0.15, -0.1) is 0 Å². The lowest BCUT2D eigenvalue weighted by Gasteiger charge is -2.56. The molecule has 0 spiro atoms. The van der Waals surface area contributed by atoms with Crippen LogP contribution in [0, 0.1) is 11.8 Å². The van der Waals surface area contributed by atoms with E-state index in [4.69, 9.17) is 19.2 Å². The molecule has 10 aliphatic rings. The van der Waals surface area contributed by atoms with Gasteiger partial charge in [0.15, 0.2) is 12.0 Å². The zero-order valence-electron chi connectivity index (χ0n) is 45.3. The first-order valence-electron chi connectivity index (χ1n) is 28.9. The van der Waals surface area contributed by atoms with Crippen LogP contribution in [0.4, 0.5) is 11.4 Å². The number of carbonyl (C=O) groups excluding carboxylic acids is 5. The van der Waals surface area contributed by atoms with Crippen molar-refractivity contribution < 1.29 is 43.2 Å². The minimum Gasteiger partial charge on any atom is -0.457 e. The number of nitrogens with one attached hydrogen (secondary N) is 4. The van der Waals surface area contributed by atoms with Crippen molar-refractivity contribution in [2.75, 3.05) is 10.6 Å². The molecule has 10 atom stereocenters. The topological polar surface area (TPSA) is 174 Å². The van der Waals surface area contributed by atoms with Gasteiger partial charge in [0, 0.05) is 41.0 Å². The van der Waals surface area contributed by atoms with Crippen molar-refractivity contribution in [3.05, 3.63) is 266 Å². The molecule has 16 rings (SSSR count). The highest BCUT2D eigenvalue weighted by Crippen LogP contribution is 2.62. The highest BCUT2D eigenvalue weighted by molar-refractivity contribution is 5.99. The van der Waals surface area contributed by atoms with E-state index in [9.17, 15) is 0 Å². The largest absolute Gasteiger partial charge is 0.457 e. The molecule has 6 aromatic rings. The molecule has 4 N–H and O–H groups in total. The van der Waals surface area contributed by atoms with Crippen LogP contribution in [-0.4, -0.2) is 52.9 Å². The maximum atomic E-state index is 16.2. The van der Waals surface area contributed by atoms with Gasteiger partial charge < -0.3 is 40.5 Å². The van der Waals surface area contributed by atoms with Crippen LogP contribution in [0.15, 0.2) is 199 Å². The van der Waals surface area contributed by atoms with Crippen LogP contribution < -0.4 is 30.9 Å². The van der Waals surface area contributed by atoms with Gasteiger partial charge in [0.25, 0.3) is 5.91 Å². The number of ether oxygens (including phenoxy) is 2. The third-order valence-corrected chi connectivity index (χ3v) is 18.8. The second kappa shape index (κ2) is 19.4. The molecule has 14 heteroatoms. The molecule has 0 aromatic heterocycles. The maximum Gasteiger partial charge on any atom is 0.338 e. The number of nitrogens with zero attached hydrogens (tertiary/aromatic N) is 1. The molecule has 8 heterocycles. The Morgan fingerprint density at radius 1 is 0.548 bits per heavy atom. The predicted octanol–water partition coefficient (Wildman–Crippen LogP) is 10.5. The number of hydrogen-bond donors (Lipinski definition) is 4. The number of benzene rings is 6. The van der Waals surface area contributed by atoms with Crippen LogP contribution in [-0.2, 0) is 55.2 Å². The Morgan fingerprint density at radius 2 is 1.26 bits per heavy atom. The standard InChI is InChI=1S/C70H55N5O9/c76-64-45-22-8-1-17-40(45)35-55(74-64)60-58(48-33-42-19-6-13-27-52(42)73-65(48)77)59(53-31-29-38-15-4-11-25-50(38)71-53)61(54-32-30-39-16-5-12-26-51(39)72-54)63-62(60)70(49-34-43-20-7-14-28-56(43)81-68(49)80,57-36-41-18-2-10-24-47(41)67(79)82-57)69(84-83-63)75-37-44-21-3-9-23-46(44)66(75)78/h1-29,31,33,35,45,48-49,52-55,57,69,71-72H,30,32,34,36-37H2,(H,73,77)(H,74,76). The lowest BCUT2D eigenvalue weighted by Crippen LogP contribution is -2.68. The van der Waals surface area contributed by atoms with E-state index in [-0.39, 0.29) is 37.0 Å². The van der Waals surface area contributed by atoms with Gasteiger partial charge >= 0.3 is 11.9 Å². The van der Waals surface area contributed by atoms with Crippen LogP contribution in [0.1, 0.15) is 107 Å². The monoisotopic (exact) mass is 1110 g/mol. The van der Waals surface area contributed by atoms with Crippen molar-refractivity contribution in [1.82, 2.24) is 15.5 Å². The van der Waals surface area contributed by atoms with Gasteiger partial charge in [-0.3, -0.25) is 19.2 Å². The Kier molecular flexibility index (Phi) is 11.6. The highest BCUT2D eigenvalue weighted by Gasteiger charge is 2.68. The second-order valence-electron chi connectivity index (χ2n) is 23.2. The molecule has 0 radical (unpaired) electrons. The molecular formula is C70H55N5O9. The van der Waals surface area contributed by atoms with Gasteiger partial charge in [-0.05, 0) is 105 Å². The Bertz CT molecular complexity index is 4130. The lowest BCUT2D eigenvalue weighted by atomic mass is 9.57. The first-order valence-corrected chi connectivity index (χ1v) is 28.9.